The average Bonchev–Trinajstić information content (AvgIpc) is 0.792. The summed E-state index contributed by atoms with van der Waals surface area (Å²) in [5.74, 6) is -3.75. The Kier molecular flexibility index (Phi) is 37.6. The van der Waals surface area contributed by atoms with Gasteiger partial charge in [-0.05, 0) is 246 Å². The summed E-state index contributed by atoms with van der Waals surface area (Å²) >= 11 is 105. The maximum Gasteiger partial charge on any atom is 0.178 e. The SMILES string of the molecule is C[C@@H](NC(=S)N1CCc2c(Cl)c(O)c(O)c(Cl)c2C1)c1ccc(Cl)cc1.Oc1c(O)c(Cl)c2c(c1Cl)CCN(C(=S)NCCCc1ccccc1)C2.Oc1c(O)c(Cl)c2c(c1Cl)CCN(C(=S)NCCc1ccc(Br)cc1)C2.Oc1c(O)c(Cl)c2c(c1Cl)CCN(C(=S)NCCc1ccccc1)C2.Oc1c(O)c(Cl)c2c(c1Cl)CCN(C(=S)NCCc1ccccc1Cl)C2. The predicted octanol–water partition coefficient (Wildman–Crippen LogP) is 22.4. The number of benzene rings is 10. The van der Waals surface area contributed by atoms with E-state index >= 15 is 0 Å². The van der Waals surface area contributed by atoms with Gasteiger partial charge in [0, 0.05) is 106 Å². The summed E-state index contributed by atoms with van der Waals surface area (Å²) in [4.78, 5) is 9.89. The largest absolute Gasteiger partial charge is 0.503 e. The van der Waals surface area contributed by atoms with Gasteiger partial charge in [0.15, 0.2) is 83.1 Å². The molecule has 684 valence electrons. The second kappa shape index (κ2) is 47.5. The number of aryl methyl sites for hydroxylation is 1. The number of hydrogen-bond donors (Lipinski definition) is 15. The van der Waals surface area contributed by atoms with Crippen molar-refractivity contribution < 1.29 is 51.1 Å². The normalized spacial score (nSPS) is 13.7. The Morgan fingerprint density at radius 3 is 0.891 bits per heavy atom. The Morgan fingerprint density at radius 1 is 0.310 bits per heavy atom. The van der Waals surface area contributed by atoms with E-state index in [0.717, 1.165) is 100 Å². The number of fused-ring (bicyclic) bond motifs is 5. The Morgan fingerprint density at radius 2 is 0.574 bits per heavy atom. The number of nitrogens with one attached hydrogen (secondary N) is 5. The third-order valence-corrected chi connectivity index (χ3v) is 29.5. The van der Waals surface area contributed by atoms with Crippen molar-refractivity contribution in [3.63, 3.8) is 0 Å². The lowest BCUT2D eigenvalue weighted by molar-refractivity contribution is 0.372. The number of nitrogens with zero attached hydrogens (tertiary/aromatic N) is 5. The first-order valence-electron chi connectivity index (χ1n) is 40.6. The molecule has 5 aliphatic heterocycles. The third kappa shape index (κ3) is 25.6. The molecular weight excluding hydrogens is 2060 g/mol. The standard InChI is InChI=1S/C19H20Cl2N2O2S.C18H17BrCl2N2O2S.2C18H17Cl3N2O2S.C18H18Cl2N2O2S/c20-15-13-8-10-23(11-14(13)16(21)18(25)17(15)24)19(26)22-9-4-7-12-5-2-1-3-6-12;19-11-3-1-10(2-4-11)5-7-22-18(26)23-8-6-12-13(9-23)15(21)17(25)16(24)14(12)20;1-9(10-2-4-11(19)5-3-10)22-18(26)23-7-6-12-13(8-23)15(21)17(25)16(24)14(12)20;19-13-4-2-1-3-10(13)5-7-22-18(26)23-8-6-11-12(9-23)15(21)17(25)16(24)14(11)20;19-14-12-7-9-22(10-13(12)15(20)17(24)16(14)23)18(25)21-8-6-11-4-2-1-3-5-11/h1-3,5-6,24-25H,4,7-11H2,(H,22,26);1-4,24-25H,5-9H2,(H,22,26);2-5,9,24-25H,6-8H2,1H3,(H,22,26);1-4,24-25H,5-9H2,(H,22,26);1-5,23-24H,6-10H2,(H,21,25)/t;;9-;;/m..1../s1. The van der Waals surface area contributed by atoms with Crippen LogP contribution in [0.4, 0.5) is 0 Å². The molecule has 15 rings (SSSR count). The Bertz CT molecular complexity index is 5800. The van der Waals surface area contributed by atoms with Gasteiger partial charge in [-0.25, -0.2) is 0 Å². The van der Waals surface area contributed by atoms with Crippen LogP contribution in [0.25, 0.3) is 0 Å². The van der Waals surface area contributed by atoms with E-state index in [4.69, 9.17) is 200 Å². The van der Waals surface area contributed by atoms with E-state index in [-0.39, 0.29) is 102 Å². The molecule has 0 saturated heterocycles. The number of hydrogen-bond acceptors (Lipinski definition) is 15. The molecular formula is C91H89BrCl12N10O10S5. The van der Waals surface area contributed by atoms with Crippen molar-refractivity contribution >= 4 is 242 Å². The van der Waals surface area contributed by atoms with Gasteiger partial charge >= 0.3 is 0 Å². The summed E-state index contributed by atoms with van der Waals surface area (Å²) in [6.45, 7) is 10.4. The molecule has 0 fully saturated rings. The van der Waals surface area contributed by atoms with E-state index in [9.17, 15) is 51.1 Å². The molecule has 0 aromatic heterocycles. The van der Waals surface area contributed by atoms with Crippen LogP contribution < -0.4 is 26.6 Å². The van der Waals surface area contributed by atoms with E-state index in [1.165, 1.54) is 16.7 Å². The van der Waals surface area contributed by atoms with Crippen LogP contribution in [0.15, 0.2) is 138 Å². The fourth-order valence-corrected chi connectivity index (χ4v) is 19.8. The van der Waals surface area contributed by atoms with E-state index < -0.39 is 11.5 Å². The zero-order chi connectivity index (χ0) is 93.4. The van der Waals surface area contributed by atoms with Gasteiger partial charge in [-0.2, -0.15) is 0 Å². The quantitative estimate of drug-likeness (QED) is 0.0258. The predicted molar refractivity (Wildman–Crippen MR) is 545 cm³/mol. The molecule has 10 aromatic rings. The van der Waals surface area contributed by atoms with Crippen LogP contribution in [0.1, 0.15) is 103 Å². The van der Waals surface area contributed by atoms with Crippen molar-refractivity contribution in [2.24, 2.45) is 0 Å². The summed E-state index contributed by atoms with van der Waals surface area (Å²) in [6.07, 6.45) is 7.42. The maximum absolute atomic E-state index is 9.94. The first-order chi connectivity index (χ1) is 61.5. The number of aromatic hydroxyl groups is 10. The molecule has 0 amide bonds. The zero-order valence-corrected chi connectivity index (χ0v) is 83.7. The van der Waals surface area contributed by atoms with E-state index in [2.05, 4.69) is 78.9 Å². The van der Waals surface area contributed by atoms with Crippen molar-refractivity contribution in [1.82, 2.24) is 51.1 Å². The summed E-state index contributed by atoms with van der Waals surface area (Å²) in [6, 6.07) is 44.0. The molecule has 0 radical (unpaired) electrons. The van der Waals surface area contributed by atoms with Crippen molar-refractivity contribution in [3.8, 4) is 57.5 Å². The van der Waals surface area contributed by atoms with Gasteiger partial charge < -0.3 is 102 Å². The average molecular weight is 2150 g/mol. The number of phenolic OH excluding ortho intramolecular Hbond substituents is 10. The van der Waals surface area contributed by atoms with Gasteiger partial charge in [0.25, 0.3) is 0 Å². The second-order valence-corrected chi connectivity index (χ2v) is 37.9. The molecule has 0 spiro atoms. The highest BCUT2D eigenvalue weighted by molar-refractivity contribution is 9.10. The van der Waals surface area contributed by atoms with Crippen LogP contribution >= 0.6 is 216 Å². The Labute approximate surface area is 843 Å². The van der Waals surface area contributed by atoms with Gasteiger partial charge in [0.2, 0.25) is 0 Å². The fraction of sp³-hybridized carbons (Fsp3) is 0.286. The minimum atomic E-state index is -0.398. The van der Waals surface area contributed by atoms with E-state index in [1.54, 1.807) is 0 Å². The summed E-state index contributed by atoms with van der Waals surface area (Å²) in [7, 11) is 0. The van der Waals surface area contributed by atoms with Crippen molar-refractivity contribution in [1.29, 1.82) is 0 Å². The molecule has 10 aromatic carbocycles. The zero-order valence-electron chi connectivity index (χ0n) is 68.9. The minimum absolute atomic E-state index is 0.00782. The molecule has 20 nitrogen and oxygen atoms in total. The van der Waals surface area contributed by atoms with E-state index in [1.807, 2.05) is 128 Å². The summed E-state index contributed by atoms with van der Waals surface area (Å²) in [5.41, 5.74) is 13.2. The molecule has 5 heterocycles. The molecule has 1 atom stereocenters. The molecule has 15 N–H and O–H groups in total. The third-order valence-electron chi connectivity index (χ3n) is 22.2. The molecule has 5 aliphatic rings. The van der Waals surface area contributed by atoms with Crippen molar-refractivity contribution in [2.45, 2.75) is 110 Å². The highest BCUT2D eigenvalue weighted by atomic mass is 79.9. The lowest BCUT2D eigenvalue weighted by atomic mass is 9.98. The van der Waals surface area contributed by atoms with Crippen LogP contribution in [-0.4, -0.2) is 160 Å². The van der Waals surface area contributed by atoms with Crippen molar-refractivity contribution in [2.75, 3.05) is 58.9 Å². The first-order valence-corrected chi connectivity index (χ1v) is 47.9. The molecule has 38 heteroatoms. The highest BCUT2D eigenvalue weighted by Crippen LogP contribution is 2.52. The topological polar surface area (TPSA) is 279 Å². The van der Waals surface area contributed by atoms with E-state index in [0.29, 0.717) is 162 Å². The maximum atomic E-state index is 9.94. The molecule has 0 bridgehead atoms. The first kappa shape index (κ1) is 102. The van der Waals surface area contributed by atoms with Crippen LogP contribution in [0.5, 0.6) is 57.5 Å². The van der Waals surface area contributed by atoms with Gasteiger partial charge in [-0.1, -0.05) is 258 Å². The van der Waals surface area contributed by atoms with Crippen LogP contribution in [0, 0.1) is 0 Å². The smallest absolute Gasteiger partial charge is 0.178 e. The number of rotatable bonds is 15. The Hall–Kier alpha value is -7.39. The minimum Gasteiger partial charge on any atom is -0.503 e. The lowest BCUT2D eigenvalue weighted by Gasteiger charge is -2.33. The van der Waals surface area contributed by atoms with Crippen LogP contribution in [0.2, 0.25) is 60.3 Å². The van der Waals surface area contributed by atoms with Crippen LogP contribution in [-0.2, 0) is 90.5 Å². The van der Waals surface area contributed by atoms with Gasteiger partial charge in [-0.3, -0.25) is 0 Å². The molecule has 0 aliphatic carbocycles. The monoisotopic (exact) mass is 2140 g/mol. The molecule has 129 heavy (non-hydrogen) atoms. The summed E-state index contributed by atoms with van der Waals surface area (Å²) < 4.78 is 1.06. The fourth-order valence-electron chi connectivity index (χ4n) is 15.0. The molecule has 0 saturated carbocycles. The van der Waals surface area contributed by atoms with Crippen LogP contribution in [0.3, 0.4) is 0 Å². The number of phenols is 10. The van der Waals surface area contributed by atoms with Crippen molar-refractivity contribution in [3.05, 3.63) is 282 Å². The lowest BCUT2D eigenvalue weighted by Crippen LogP contribution is -2.43. The highest BCUT2D eigenvalue weighted by Gasteiger charge is 2.34. The number of thiocarbonyl (C=S) groups is 5. The van der Waals surface area contributed by atoms with Gasteiger partial charge in [-0.15, -0.1) is 0 Å². The second-order valence-electron chi connectivity index (χ2n) is 30.5. The number of halogens is 13. The van der Waals surface area contributed by atoms with Gasteiger partial charge in [0.05, 0.1) is 56.3 Å². The molecule has 0 unspecified atom stereocenters. The van der Waals surface area contributed by atoms with Gasteiger partial charge in [0.1, 0.15) is 0 Å². The summed E-state index contributed by atoms with van der Waals surface area (Å²) in [5, 5.41) is 121. The Balaban J connectivity index is 0.000000156.